The van der Waals surface area contributed by atoms with Crippen molar-refractivity contribution in [3.63, 3.8) is 0 Å². The fraction of sp³-hybridized carbons (Fsp3) is 0.100. The Bertz CT molecular complexity index is 994. The first-order chi connectivity index (χ1) is 12.4. The zero-order chi connectivity index (χ0) is 18.8. The third-order valence-electron chi connectivity index (χ3n) is 4.30. The Hall–Kier alpha value is -3.41. The summed E-state index contributed by atoms with van der Waals surface area (Å²) < 4.78 is 15.8. The summed E-state index contributed by atoms with van der Waals surface area (Å²) in [7, 11) is 1.78. The molecule has 1 heterocycles. The number of halogens is 1. The van der Waals surface area contributed by atoms with Gasteiger partial charge in [-0.25, -0.2) is 4.39 Å². The number of anilines is 1. The van der Waals surface area contributed by atoms with Crippen molar-refractivity contribution in [1.29, 1.82) is 0 Å². The highest BCUT2D eigenvalue weighted by atomic mass is 19.1. The summed E-state index contributed by atoms with van der Waals surface area (Å²) in [6.45, 7) is 1.52. The highest BCUT2D eigenvalue weighted by Crippen LogP contribution is 2.24. The monoisotopic (exact) mass is 351 g/mol. The van der Waals surface area contributed by atoms with Gasteiger partial charge in [0.05, 0.1) is 0 Å². The van der Waals surface area contributed by atoms with Crippen molar-refractivity contribution in [1.82, 2.24) is 4.57 Å². The Morgan fingerprint density at radius 2 is 1.77 bits per heavy atom. The molecule has 0 aliphatic carbocycles. The average Bonchev–Trinajstić information content (AvgIpc) is 3.01. The van der Waals surface area contributed by atoms with Crippen molar-refractivity contribution in [3.05, 3.63) is 77.2 Å². The van der Waals surface area contributed by atoms with Crippen LogP contribution in [0.1, 0.15) is 26.4 Å². The van der Waals surface area contributed by atoms with Gasteiger partial charge in [0.25, 0.3) is 5.91 Å². The fourth-order valence-electron chi connectivity index (χ4n) is 2.78. The van der Waals surface area contributed by atoms with Gasteiger partial charge in [0.2, 0.25) is 5.91 Å². The van der Waals surface area contributed by atoms with Crippen molar-refractivity contribution in [2.45, 2.75) is 6.92 Å². The van der Waals surface area contributed by atoms with Crippen LogP contribution in [0.4, 0.5) is 10.1 Å². The third kappa shape index (κ3) is 3.21. The highest BCUT2D eigenvalue weighted by Gasteiger charge is 2.17. The van der Waals surface area contributed by atoms with Crippen molar-refractivity contribution in [2.24, 2.45) is 12.8 Å². The predicted molar refractivity (Wildman–Crippen MR) is 98.5 cm³/mol. The van der Waals surface area contributed by atoms with E-state index < -0.39 is 17.6 Å². The maximum Gasteiger partial charge on any atom is 0.272 e. The van der Waals surface area contributed by atoms with Gasteiger partial charge in [-0.1, -0.05) is 30.3 Å². The van der Waals surface area contributed by atoms with Crippen LogP contribution >= 0.6 is 0 Å². The number of nitrogens with zero attached hydrogens (tertiary/aromatic N) is 1. The van der Waals surface area contributed by atoms with Gasteiger partial charge in [-0.3, -0.25) is 9.59 Å². The summed E-state index contributed by atoms with van der Waals surface area (Å²) in [5.41, 5.74) is 7.93. The molecule has 0 fully saturated rings. The number of amides is 2. The zero-order valence-corrected chi connectivity index (χ0v) is 14.4. The van der Waals surface area contributed by atoms with Crippen LogP contribution in [0.3, 0.4) is 0 Å². The molecule has 3 N–H and O–H groups in total. The molecule has 0 unspecified atom stereocenters. The van der Waals surface area contributed by atoms with Gasteiger partial charge >= 0.3 is 0 Å². The molecule has 6 heteroatoms. The lowest BCUT2D eigenvalue weighted by Gasteiger charge is -2.12. The molecule has 26 heavy (non-hydrogen) atoms. The predicted octanol–water partition coefficient (Wildman–Crippen LogP) is 3.49. The molecule has 132 valence electrons. The maximum absolute atomic E-state index is 14.0. The van der Waals surface area contributed by atoms with Crippen molar-refractivity contribution < 1.29 is 14.0 Å². The molecule has 2 amide bonds. The molecule has 0 radical (unpaired) electrons. The number of carbonyl (C=O) groups is 2. The second kappa shape index (κ2) is 6.84. The summed E-state index contributed by atoms with van der Waals surface area (Å²) in [4.78, 5) is 24.0. The molecule has 3 aromatic rings. The smallest absolute Gasteiger partial charge is 0.272 e. The highest BCUT2D eigenvalue weighted by molar-refractivity contribution is 6.05. The summed E-state index contributed by atoms with van der Waals surface area (Å²) in [6.07, 6.45) is 0. The number of nitrogens with two attached hydrogens (primary N) is 1. The maximum atomic E-state index is 14.0. The first-order valence-corrected chi connectivity index (χ1v) is 8.01. The number of primary amides is 1. The summed E-state index contributed by atoms with van der Waals surface area (Å²) >= 11 is 0. The van der Waals surface area contributed by atoms with Gasteiger partial charge in [0.1, 0.15) is 11.5 Å². The van der Waals surface area contributed by atoms with Crippen LogP contribution in [0, 0.1) is 12.7 Å². The number of rotatable bonds is 4. The van der Waals surface area contributed by atoms with Crippen LogP contribution in [-0.4, -0.2) is 16.4 Å². The molecule has 0 bridgehead atoms. The van der Waals surface area contributed by atoms with Gasteiger partial charge in [0, 0.05) is 29.6 Å². The minimum Gasteiger partial charge on any atom is -0.366 e. The first-order valence-electron chi connectivity index (χ1n) is 8.01. The lowest BCUT2D eigenvalue weighted by molar-refractivity contribution is 0.0994. The Balaban J connectivity index is 1.93. The molecule has 0 saturated carbocycles. The van der Waals surface area contributed by atoms with E-state index >= 15 is 0 Å². The molecule has 5 nitrogen and oxygen atoms in total. The van der Waals surface area contributed by atoms with Gasteiger partial charge in [-0.2, -0.15) is 0 Å². The van der Waals surface area contributed by atoms with Crippen LogP contribution in [-0.2, 0) is 7.05 Å². The van der Waals surface area contributed by atoms with E-state index in [1.807, 2.05) is 36.4 Å². The molecule has 1 aromatic heterocycles. The van der Waals surface area contributed by atoms with Crippen LogP contribution in [0.5, 0.6) is 0 Å². The van der Waals surface area contributed by atoms with E-state index in [4.69, 9.17) is 5.73 Å². The van der Waals surface area contributed by atoms with E-state index in [0.717, 1.165) is 17.3 Å². The number of hydrogen-bond acceptors (Lipinski definition) is 2. The van der Waals surface area contributed by atoms with Crippen LogP contribution in [0.15, 0.2) is 54.6 Å². The van der Waals surface area contributed by atoms with E-state index in [1.165, 1.54) is 13.0 Å². The molecular formula is C20H18FN3O2. The van der Waals surface area contributed by atoms with Gasteiger partial charge in [0.15, 0.2) is 0 Å². The molecule has 0 aliphatic rings. The fourth-order valence-corrected chi connectivity index (χ4v) is 2.78. The van der Waals surface area contributed by atoms with E-state index in [0.29, 0.717) is 5.69 Å². The van der Waals surface area contributed by atoms with E-state index in [9.17, 15) is 14.0 Å². The Kier molecular flexibility index (Phi) is 4.58. The molecule has 0 saturated heterocycles. The van der Waals surface area contributed by atoms with Crippen molar-refractivity contribution >= 4 is 17.5 Å². The number of aromatic nitrogens is 1. The minimum absolute atomic E-state index is 0.000237. The van der Waals surface area contributed by atoms with Gasteiger partial charge < -0.3 is 15.6 Å². The largest absolute Gasteiger partial charge is 0.366 e. The van der Waals surface area contributed by atoms with E-state index in [-0.39, 0.29) is 16.8 Å². The standard InChI is InChI=1S/C20H18FN3O2/c1-12-15(21)10-14(19(22)25)11-16(12)23-20(26)18-9-8-17(24(18)2)13-6-4-3-5-7-13/h3-11H,1-2H3,(H2,22,25)(H,23,26). The molecule has 0 atom stereocenters. The number of benzene rings is 2. The van der Waals surface area contributed by atoms with Crippen molar-refractivity contribution in [3.8, 4) is 11.3 Å². The Morgan fingerprint density at radius 1 is 1.08 bits per heavy atom. The lowest BCUT2D eigenvalue weighted by atomic mass is 10.1. The number of hydrogen-bond donors (Lipinski definition) is 2. The molecule has 3 rings (SSSR count). The summed E-state index contributed by atoms with van der Waals surface area (Å²) in [5.74, 6) is -1.77. The van der Waals surface area contributed by atoms with E-state index in [2.05, 4.69) is 5.32 Å². The van der Waals surface area contributed by atoms with Gasteiger partial charge in [-0.15, -0.1) is 0 Å². The SMILES string of the molecule is Cc1c(F)cc(C(N)=O)cc1NC(=O)c1ccc(-c2ccccc2)n1C. The topological polar surface area (TPSA) is 77.1 Å². The normalized spacial score (nSPS) is 10.6. The zero-order valence-electron chi connectivity index (χ0n) is 14.4. The quantitative estimate of drug-likeness (QED) is 0.755. The lowest BCUT2D eigenvalue weighted by Crippen LogP contribution is -2.18. The van der Waals surface area contributed by atoms with Crippen LogP contribution < -0.4 is 11.1 Å². The number of nitrogens with one attached hydrogen (secondary N) is 1. The molecule has 2 aromatic carbocycles. The molecule has 0 aliphatic heterocycles. The van der Waals surface area contributed by atoms with Gasteiger partial charge in [-0.05, 0) is 36.8 Å². The van der Waals surface area contributed by atoms with Crippen LogP contribution in [0.2, 0.25) is 0 Å². The second-order valence-electron chi connectivity index (χ2n) is 5.98. The van der Waals surface area contributed by atoms with Crippen LogP contribution in [0.25, 0.3) is 11.3 Å². The average molecular weight is 351 g/mol. The first kappa shape index (κ1) is 17.4. The summed E-state index contributed by atoms with van der Waals surface area (Å²) in [6, 6.07) is 15.6. The third-order valence-corrected chi connectivity index (χ3v) is 4.30. The summed E-state index contributed by atoms with van der Waals surface area (Å²) in [5, 5.41) is 2.66. The second-order valence-corrected chi connectivity index (χ2v) is 5.98. The van der Waals surface area contributed by atoms with E-state index in [1.54, 1.807) is 17.7 Å². The Morgan fingerprint density at radius 3 is 2.42 bits per heavy atom. The Labute approximate surface area is 150 Å². The molecule has 0 spiro atoms. The number of carbonyl (C=O) groups excluding carboxylic acids is 2. The minimum atomic E-state index is -0.760. The van der Waals surface area contributed by atoms with Crippen molar-refractivity contribution in [2.75, 3.05) is 5.32 Å². The molecular weight excluding hydrogens is 333 g/mol.